The highest BCUT2D eigenvalue weighted by Crippen LogP contribution is 2.30. The monoisotopic (exact) mass is 337 g/mol. The molecule has 0 spiro atoms. The van der Waals surface area contributed by atoms with Gasteiger partial charge in [0.15, 0.2) is 0 Å². The largest absolute Gasteiger partial charge is 0.494 e. The molecule has 0 saturated heterocycles. The summed E-state index contributed by atoms with van der Waals surface area (Å²) in [4.78, 5) is 0. The van der Waals surface area contributed by atoms with E-state index in [0.29, 0.717) is 22.5 Å². The molecule has 2 nitrogen and oxygen atoms in total. The van der Waals surface area contributed by atoms with E-state index in [1.165, 1.54) is 0 Å². The molecule has 0 aliphatic heterocycles. The second kappa shape index (κ2) is 8.30. The molecule has 1 N–H and O–H groups in total. The molecule has 0 aliphatic carbocycles. The summed E-state index contributed by atoms with van der Waals surface area (Å²) in [7, 11) is 0. The van der Waals surface area contributed by atoms with Gasteiger partial charge in [-0.15, -0.1) is 0 Å². The van der Waals surface area contributed by atoms with Crippen LogP contribution in [0.15, 0.2) is 42.5 Å². The molecule has 0 saturated carbocycles. The van der Waals surface area contributed by atoms with Gasteiger partial charge in [0, 0.05) is 6.54 Å². The van der Waals surface area contributed by atoms with Gasteiger partial charge in [-0.1, -0.05) is 55.2 Å². The SMILES string of the molecule is CC(C)CCOc1cccc(CNc2cccc(Cl)c2Cl)c1. The Morgan fingerprint density at radius 3 is 2.64 bits per heavy atom. The Hall–Kier alpha value is -1.38. The van der Waals surface area contributed by atoms with Crippen molar-refractivity contribution < 1.29 is 4.74 Å². The Labute approximate surface area is 142 Å². The van der Waals surface area contributed by atoms with Crippen molar-refractivity contribution in [3.8, 4) is 5.75 Å². The van der Waals surface area contributed by atoms with E-state index in [1.807, 2.05) is 30.3 Å². The summed E-state index contributed by atoms with van der Waals surface area (Å²) < 4.78 is 5.78. The van der Waals surface area contributed by atoms with Gasteiger partial charge in [0.25, 0.3) is 0 Å². The Morgan fingerprint density at radius 1 is 1.09 bits per heavy atom. The van der Waals surface area contributed by atoms with Crippen LogP contribution in [-0.4, -0.2) is 6.61 Å². The van der Waals surface area contributed by atoms with Gasteiger partial charge in [0.2, 0.25) is 0 Å². The number of halogens is 2. The summed E-state index contributed by atoms with van der Waals surface area (Å²) in [5, 5.41) is 4.40. The minimum Gasteiger partial charge on any atom is -0.494 e. The van der Waals surface area contributed by atoms with Gasteiger partial charge in [0.05, 0.1) is 22.3 Å². The molecular weight excluding hydrogens is 317 g/mol. The van der Waals surface area contributed by atoms with Gasteiger partial charge < -0.3 is 10.1 Å². The van der Waals surface area contributed by atoms with Gasteiger partial charge in [-0.2, -0.15) is 0 Å². The molecule has 0 heterocycles. The lowest BCUT2D eigenvalue weighted by molar-refractivity contribution is 0.289. The van der Waals surface area contributed by atoms with Crippen LogP contribution in [0.5, 0.6) is 5.75 Å². The number of hydrogen-bond acceptors (Lipinski definition) is 2. The van der Waals surface area contributed by atoms with Gasteiger partial charge in [-0.25, -0.2) is 0 Å². The Kier molecular flexibility index (Phi) is 6.41. The van der Waals surface area contributed by atoms with Crippen LogP contribution in [0.1, 0.15) is 25.8 Å². The average Bonchev–Trinajstić information content (AvgIpc) is 2.49. The number of hydrogen-bond donors (Lipinski definition) is 1. The lowest BCUT2D eigenvalue weighted by Gasteiger charge is -2.11. The molecule has 0 aromatic heterocycles. The number of rotatable bonds is 7. The number of nitrogens with one attached hydrogen (secondary N) is 1. The van der Waals surface area contributed by atoms with Crippen LogP contribution in [0.4, 0.5) is 5.69 Å². The fourth-order valence-corrected chi connectivity index (χ4v) is 2.36. The molecule has 0 radical (unpaired) electrons. The van der Waals surface area contributed by atoms with Gasteiger partial charge in [-0.3, -0.25) is 0 Å². The zero-order valence-electron chi connectivity index (χ0n) is 12.9. The van der Waals surface area contributed by atoms with Crippen LogP contribution >= 0.6 is 23.2 Å². The molecule has 0 unspecified atom stereocenters. The second-order valence-corrected chi connectivity index (χ2v) is 6.42. The molecular formula is C18H21Cl2NO. The maximum Gasteiger partial charge on any atom is 0.119 e. The lowest BCUT2D eigenvalue weighted by Crippen LogP contribution is -2.03. The van der Waals surface area contributed by atoms with E-state index in [0.717, 1.165) is 30.0 Å². The standard InChI is InChI=1S/C18H21Cl2NO/c1-13(2)9-10-22-15-6-3-5-14(11-15)12-21-17-8-4-7-16(19)18(17)20/h3-8,11,13,21H,9-10,12H2,1-2H3. The highest BCUT2D eigenvalue weighted by atomic mass is 35.5. The van der Waals surface area contributed by atoms with Gasteiger partial charge >= 0.3 is 0 Å². The van der Waals surface area contributed by atoms with Crippen LogP contribution in [-0.2, 0) is 6.54 Å². The van der Waals surface area contributed by atoms with E-state index in [4.69, 9.17) is 27.9 Å². The first-order chi connectivity index (χ1) is 10.6. The minimum atomic E-state index is 0.550. The van der Waals surface area contributed by atoms with Gasteiger partial charge in [0.1, 0.15) is 5.75 Å². The van der Waals surface area contributed by atoms with Crippen molar-refractivity contribution in [2.24, 2.45) is 5.92 Å². The van der Waals surface area contributed by atoms with E-state index < -0.39 is 0 Å². The third-order valence-electron chi connectivity index (χ3n) is 3.30. The summed E-state index contributed by atoms with van der Waals surface area (Å²) in [6.07, 6.45) is 1.06. The van der Waals surface area contributed by atoms with Crippen molar-refractivity contribution >= 4 is 28.9 Å². The minimum absolute atomic E-state index is 0.550. The normalized spacial score (nSPS) is 10.8. The Balaban J connectivity index is 1.94. The van der Waals surface area contributed by atoms with Crippen molar-refractivity contribution in [1.82, 2.24) is 0 Å². The maximum absolute atomic E-state index is 6.17. The van der Waals surface area contributed by atoms with Crippen LogP contribution in [0.3, 0.4) is 0 Å². The molecule has 0 amide bonds. The van der Waals surface area contributed by atoms with Crippen molar-refractivity contribution in [3.63, 3.8) is 0 Å². The van der Waals surface area contributed by atoms with E-state index in [1.54, 1.807) is 6.07 Å². The fourth-order valence-electron chi connectivity index (χ4n) is 2.00. The van der Waals surface area contributed by atoms with Crippen LogP contribution in [0, 0.1) is 5.92 Å². The summed E-state index contributed by atoms with van der Waals surface area (Å²) in [5.41, 5.74) is 1.97. The first kappa shape index (κ1) is 17.0. The topological polar surface area (TPSA) is 21.3 Å². The third kappa shape index (κ3) is 5.11. The van der Waals surface area contributed by atoms with E-state index in [2.05, 4.69) is 25.2 Å². The summed E-state index contributed by atoms with van der Waals surface area (Å²) in [5.74, 6) is 1.55. The van der Waals surface area contributed by atoms with Crippen LogP contribution in [0.25, 0.3) is 0 Å². The zero-order valence-corrected chi connectivity index (χ0v) is 14.4. The summed E-state index contributed by atoms with van der Waals surface area (Å²) in [6.45, 7) is 5.80. The number of anilines is 1. The Bertz CT molecular complexity index is 614. The fraction of sp³-hybridized carbons (Fsp3) is 0.333. The molecule has 0 atom stereocenters. The molecule has 2 aromatic rings. The third-order valence-corrected chi connectivity index (χ3v) is 4.12. The highest BCUT2D eigenvalue weighted by Gasteiger charge is 2.04. The smallest absolute Gasteiger partial charge is 0.119 e. The second-order valence-electron chi connectivity index (χ2n) is 5.63. The number of ether oxygens (including phenoxy) is 1. The lowest BCUT2D eigenvalue weighted by atomic mass is 10.1. The predicted molar refractivity (Wildman–Crippen MR) is 95.2 cm³/mol. The highest BCUT2D eigenvalue weighted by molar-refractivity contribution is 6.43. The van der Waals surface area contributed by atoms with E-state index in [9.17, 15) is 0 Å². The van der Waals surface area contributed by atoms with Crippen LogP contribution < -0.4 is 10.1 Å². The Morgan fingerprint density at radius 2 is 1.86 bits per heavy atom. The van der Waals surface area contributed by atoms with Crippen molar-refractivity contribution in [2.75, 3.05) is 11.9 Å². The summed E-state index contributed by atoms with van der Waals surface area (Å²) >= 11 is 12.2. The summed E-state index contributed by atoms with van der Waals surface area (Å²) in [6, 6.07) is 13.7. The van der Waals surface area contributed by atoms with Crippen LogP contribution in [0.2, 0.25) is 10.0 Å². The molecule has 2 aromatic carbocycles. The maximum atomic E-state index is 6.17. The first-order valence-corrected chi connectivity index (χ1v) is 8.21. The van der Waals surface area contributed by atoms with Crippen molar-refractivity contribution in [1.29, 1.82) is 0 Å². The molecule has 0 fully saturated rings. The predicted octanol–water partition coefficient (Wildman–Crippen LogP) is 6.03. The quantitative estimate of drug-likeness (QED) is 0.665. The molecule has 118 valence electrons. The van der Waals surface area contributed by atoms with Crippen molar-refractivity contribution in [2.45, 2.75) is 26.8 Å². The molecule has 4 heteroatoms. The molecule has 0 bridgehead atoms. The molecule has 22 heavy (non-hydrogen) atoms. The van der Waals surface area contributed by atoms with E-state index >= 15 is 0 Å². The zero-order chi connectivity index (χ0) is 15.9. The number of benzene rings is 2. The average molecular weight is 338 g/mol. The molecule has 0 aliphatic rings. The van der Waals surface area contributed by atoms with Crippen molar-refractivity contribution in [3.05, 3.63) is 58.1 Å². The van der Waals surface area contributed by atoms with Gasteiger partial charge in [-0.05, 0) is 42.2 Å². The first-order valence-electron chi connectivity index (χ1n) is 7.46. The van der Waals surface area contributed by atoms with E-state index in [-0.39, 0.29) is 0 Å². The molecule has 2 rings (SSSR count).